The molecule has 156 valence electrons. The Kier molecular flexibility index (Phi) is 6.33. The van der Waals surface area contributed by atoms with Crippen molar-refractivity contribution in [1.29, 1.82) is 0 Å². The lowest BCUT2D eigenvalue weighted by atomic mass is 10.0. The van der Waals surface area contributed by atoms with Gasteiger partial charge in [-0.3, -0.25) is 0 Å². The zero-order valence-electron chi connectivity index (χ0n) is 17.8. The van der Waals surface area contributed by atoms with Crippen LogP contribution in [0, 0.1) is 0 Å². The van der Waals surface area contributed by atoms with Gasteiger partial charge in [0.05, 0.1) is 18.2 Å². The van der Waals surface area contributed by atoms with Crippen molar-refractivity contribution in [3.05, 3.63) is 89.7 Å². The van der Waals surface area contributed by atoms with E-state index in [4.69, 9.17) is 14.7 Å². The third-order valence-electron chi connectivity index (χ3n) is 5.05. The van der Waals surface area contributed by atoms with Gasteiger partial charge in [-0.2, -0.15) is 0 Å². The molecule has 0 saturated carbocycles. The maximum Gasteiger partial charge on any atom is 0.337 e. The monoisotopic (exact) mass is 428 g/mol. The summed E-state index contributed by atoms with van der Waals surface area (Å²) in [5.74, 6) is 1.65. The smallest absolute Gasteiger partial charge is 0.337 e. The third kappa shape index (κ3) is 4.78. The van der Waals surface area contributed by atoms with E-state index in [1.807, 2.05) is 36.4 Å². The molecule has 4 aromatic rings. The number of carbonyl (C=O) groups is 1. The molecule has 0 amide bonds. The summed E-state index contributed by atoms with van der Waals surface area (Å²) in [5, 5.41) is 2.11. The molecule has 0 unspecified atom stereocenters. The Labute approximate surface area is 186 Å². The number of para-hydroxylation sites is 1. The summed E-state index contributed by atoms with van der Waals surface area (Å²) in [4.78, 5) is 21.3. The van der Waals surface area contributed by atoms with Crippen LogP contribution < -0.4 is 0 Å². The van der Waals surface area contributed by atoms with Crippen LogP contribution in [0.5, 0.6) is 0 Å². The molecule has 0 radical (unpaired) electrons. The summed E-state index contributed by atoms with van der Waals surface area (Å²) in [6, 6.07) is 24.1. The molecule has 0 aliphatic heterocycles. The molecular weight excluding hydrogens is 404 g/mol. The topological polar surface area (TPSA) is 52.1 Å². The fraction of sp³-hybridized carbons (Fsp3) is 0.192. The number of benzene rings is 3. The van der Waals surface area contributed by atoms with Gasteiger partial charge in [0.1, 0.15) is 10.9 Å². The highest BCUT2D eigenvalue weighted by molar-refractivity contribution is 7.98. The van der Waals surface area contributed by atoms with Gasteiger partial charge in [0.2, 0.25) is 0 Å². The summed E-state index contributed by atoms with van der Waals surface area (Å²) < 4.78 is 4.82. The first-order valence-corrected chi connectivity index (χ1v) is 11.2. The molecule has 4 nitrogen and oxygen atoms in total. The van der Waals surface area contributed by atoms with E-state index in [2.05, 4.69) is 44.2 Å². The van der Waals surface area contributed by atoms with Gasteiger partial charge in [0.15, 0.2) is 0 Å². The van der Waals surface area contributed by atoms with Crippen LogP contribution in [0.15, 0.2) is 77.8 Å². The Hall–Kier alpha value is -3.18. The van der Waals surface area contributed by atoms with E-state index >= 15 is 0 Å². The van der Waals surface area contributed by atoms with E-state index < -0.39 is 0 Å². The van der Waals surface area contributed by atoms with E-state index in [-0.39, 0.29) is 11.9 Å². The predicted octanol–water partition coefficient (Wildman–Crippen LogP) is 6.50. The van der Waals surface area contributed by atoms with Gasteiger partial charge >= 0.3 is 5.97 Å². The highest BCUT2D eigenvalue weighted by Gasteiger charge is 2.11. The van der Waals surface area contributed by atoms with E-state index in [0.29, 0.717) is 5.56 Å². The molecule has 0 bridgehead atoms. The summed E-state index contributed by atoms with van der Waals surface area (Å²) in [5.41, 5.74) is 4.81. The number of fused-ring (bicyclic) bond motifs is 1. The third-order valence-corrected chi connectivity index (χ3v) is 6.11. The van der Waals surface area contributed by atoms with Crippen LogP contribution in [0.1, 0.15) is 41.5 Å². The molecule has 0 fully saturated rings. The molecule has 1 heterocycles. The Morgan fingerprint density at radius 3 is 2.45 bits per heavy atom. The SMILES string of the molecule is COC(=O)c1cccc(-c2ccc(CSc3nc(C(C)C)nc4ccccc34)cc2)c1. The normalized spacial score (nSPS) is 11.1. The first kappa shape index (κ1) is 21.1. The molecule has 31 heavy (non-hydrogen) atoms. The fourth-order valence-electron chi connectivity index (χ4n) is 3.32. The van der Waals surface area contributed by atoms with E-state index in [1.165, 1.54) is 12.7 Å². The van der Waals surface area contributed by atoms with Gasteiger partial charge in [-0.25, -0.2) is 14.8 Å². The zero-order chi connectivity index (χ0) is 21.8. The highest BCUT2D eigenvalue weighted by atomic mass is 32.2. The van der Waals surface area contributed by atoms with Crippen molar-refractivity contribution in [2.24, 2.45) is 0 Å². The van der Waals surface area contributed by atoms with Gasteiger partial charge in [-0.15, -0.1) is 11.8 Å². The Morgan fingerprint density at radius 2 is 1.71 bits per heavy atom. The lowest BCUT2D eigenvalue weighted by molar-refractivity contribution is 0.0601. The van der Waals surface area contributed by atoms with Crippen molar-refractivity contribution in [1.82, 2.24) is 9.97 Å². The van der Waals surface area contributed by atoms with Crippen LogP contribution in [-0.2, 0) is 10.5 Å². The number of thioether (sulfide) groups is 1. The molecule has 0 spiro atoms. The number of hydrogen-bond donors (Lipinski definition) is 0. The van der Waals surface area contributed by atoms with Crippen LogP contribution in [0.25, 0.3) is 22.0 Å². The van der Waals surface area contributed by atoms with Crippen molar-refractivity contribution < 1.29 is 9.53 Å². The van der Waals surface area contributed by atoms with Crippen molar-refractivity contribution in [2.75, 3.05) is 7.11 Å². The summed E-state index contributed by atoms with van der Waals surface area (Å²) in [6.45, 7) is 4.24. The first-order valence-electron chi connectivity index (χ1n) is 10.2. The second-order valence-corrected chi connectivity index (χ2v) is 8.58. The Bertz CT molecular complexity index is 1220. The van der Waals surface area contributed by atoms with Crippen molar-refractivity contribution >= 4 is 28.6 Å². The van der Waals surface area contributed by atoms with Gasteiger partial charge in [-0.05, 0) is 34.9 Å². The van der Waals surface area contributed by atoms with Gasteiger partial charge in [-0.1, -0.05) is 68.4 Å². The molecule has 0 aliphatic carbocycles. The molecule has 0 atom stereocenters. The van der Waals surface area contributed by atoms with Gasteiger partial charge in [0, 0.05) is 17.1 Å². The second kappa shape index (κ2) is 9.31. The van der Waals surface area contributed by atoms with Gasteiger partial charge < -0.3 is 4.74 Å². The average Bonchev–Trinajstić information content (AvgIpc) is 2.82. The van der Waals surface area contributed by atoms with Crippen molar-refractivity contribution in [3.63, 3.8) is 0 Å². The molecule has 0 aliphatic rings. The van der Waals surface area contributed by atoms with Crippen molar-refractivity contribution in [2.45, 2.75) is 30.5 Å². The van der Waals surface area contributed by atoms with Gasteiger partial charge in [0.25, 0.3) is 0 Å². The summed E-state index contributed by atoms with van der Waals surface area (Å²) in [6.07, 6.45) is 0. The number of esters is 1. The minimum atomic E-state index is -0.326. The van der Waals surface area contributed by atoms with Crippen LogP contribution in [-0.4, -0.2) is 23.0 Å². The number of ether oxygens (including phenoxy) is 1. The number of methoxy groups -OCH3 is 1. The number of nitrogens with zero attached hydrogens (tertiary/aromatic N) is 2. The lowest BCUT2D eigenvalue weighted by Crippen LogP contribution is -2.00. The average molecular weight is 429 g/mol. The fourth-order valence-corrected chi connectivity index (χ4v) is 4.30. The van der Waals surface area contributed by atoms with E-state index in [1.54, 1.807) is 17.8 Å². The number of rotatable bonds is 6. The largest absolute Gasteiger partial charge is 0.465 e. The van der Waals surface area contributed by atoms with E-state index in [0.717, 1.165) is 38.6 Å². The van der Waals surface area contributed by atoms with Crippen molar-refractivity contribution in [3.8, 4) is 11.1 Å². The maximum atomic E-state index is 11.8. The number of aromatic nitrogens is 2. The molecule has 1 aromatic heterocycles. The minimum Gasteiger partial charge on any atom is -0.465 e. The Morgan fingerprint density at radius 1 is 0.935 bits per heavy atom. The van der Waals surface area contributed by atoms with E-state index in [9.17, 15) is 4.79 Å². The molecule has 4 rings (SSSR count). The lowest BCUT2D eigenvalue weighted by Gasteiger charge is -2.11. The molecule has 0 saturated heterocycles. The van der Waals surface area contributed by atoms with Crippen LogP contribution in [0.4, 0.5) is 0 Å². The maximum absolute atomic E-state index is 11.8. The summed E-state index contributed by atoms with van der Waals surface area (Å²) in [7, 11) is 1.40. The molecule has 5 heteroatoms. The standard InChI is InChI=1S/C26H24N2O2S/c1-17(2)24-27-23-10-5-4-9-22(23)25(28-24)31-16-18-11-13-19(14-12-18)20-7-6-8-21(15-20)26(29)30-3/h4-15,17H,16H2,1-3H3. The van der Waals surface area contributed by atoms with Crippen LogP contribution >= 0.6 is 11.8 Å². The first-order chi connectivity index (χ1) is 15.0. The van der Waals surface area contributed by atoms with Crippen LogP contribution in [0.3, 0.4) is 0 Å². The number of hydrogen-bond acceptors (Lipinski definition) is 5. The van der Waals surface area contributed by atoms with Crippen LogP contribution in [0.2, 0.25) is 0 Å². The number of carbonyl (C=O) groups excluding carboxylic acids is 1. The predicted molar refractivity (Wildman–Crippen MR) is 126 cm³/mol. The second-order valence-electron chi connectivity index (χ2n) is 7.62. The molecular formula is C26H24N2O2S. The Balaban J connectivity index is 1.54. The summed E-state index contributed by atoms with van der Waals surface area (Å²) >= 11 is 1.73. The quantitative estimate of drug-likeness (QED) is 0.199. The molecule has 0 N–H and O–H groups in total. The highest BCUT2D eigenvalue weighted by Crippen LogP contribution is 2.30. The zero-order valence-corrected chi connectivity index (χ0v) is 18.6. The molecule has 3 aromatic carbocycles. The minimum absolute atomic E-state index is 0.281.